The molecule has 154 valence electrons. The summed E-state index contributed by atoms with van der Waals surface area (Å²) in [6, 6.07) is 9.88. The van der Waals surface area contributed by atoms with Crippen molar-refractivity contribution in [1.29, 1.82) is 0 Å². The molecule has 27 heavy (non-hydrogen) atoms. The summed E-state index contributed by atoms with van der Waals surface area (Å²) in [7, 11) is -9.86. The number of nitrogens with one attached hydrogen (secondary N) is 1. The van der Waals surface area contributed by atoms with Crippen molar-refractivity contribution in [2.75, 3.05) is 18.5 Å². The number of anilines is 1. The lowest BCUT2D eigenvalue weighted by Crippen LogP contribution is -2.02. The Hall–Kier alpha value is -1.28. The minimum Gasteiger partial charge on any atom is -0.381 e. The minimum atomic E-state index is -5.08. The zero-order valence-corrected chi connectivity index (χ0v) is 17.2. The van der Waals surface area contributed by atoms with Gasteiger partial charge in [0.05, 0.1) is 6.61 Å². The fourth-order valence-corrected chi connectivity index (χ4v) is 3.48. The second-order valence-corrected chi connectivity index (χ2v) is 8.53. The third-order valence-electron chi connectivity index (χ3n) is 3.26. The topological polar surface area (TPSA) is 160 Å². The summed E-state index contributed by atoms with van der Waals surface area (Å²) in [5, 5.41) is 3.31. The van der Waals surface area contributed by atoms with Crippen molar-refractivity contribution >= 4 is 21.3 Å². The lowest BCUT2D eigenvalue weighted by molar-refractivity contribution is 0.191. The van der Waals surface area contributed by atoms with Gasteiger partial charge in [0, 0.05) is 12.2 Å². The quantitative estimate of drug-likeness (QED) is 0.260. The first-order valence-electron chi connectivity index (χ1n) is 7.92. The van der Waals surface area contributed by atoms with Gasteiger partial charge in [-0.15, -0.1) is 0 Å². The van der Waals surface area contributed by atoms with E-state index in [1.165, 1.54) is 5.57 Å². The highest BCUT2D eigenvalue weighted by atomic mass is 31.3. The zero-order chi connectivity index (χ0) is 19.6. The molecule has 0 heterocycles. The first kappa shape index (κ1) is 25.7. The first-order chi connectivity index (χ1) is 12.1. The Balaban J connectivity index is 0.00000676. The highest BCUT2D eigenvalue weighted by Gasteiger charge is 2.31. The van der Waals surface area contributed by atoms with Gasteiger partial charge in [-0.05, 0) is 38.8 Å². The van der Waals surface area contributed by atoms with Gasteiger partial charge in [0.15, 0.2) is 0 Å². The molecule has 0 fully saturated rings. The molecule has 0 aliphatic carbocycles. The van der Waals surface area contributed by atoms with Gasteiger partial charge < -0.3 is 26.1 Å². The first-order valence-corrected chi connectivity index (χ1v) is 10.9. The summed E-state index contributed by atoms with van der Waals surface area (Å²) in [6.45, 7) is 4.32. The lowest BCUT2D eigenvalue weighted by atomic mass is 10.1. The van der Waals surface area contributed by atoms with Gasteiger partial charge in [-0.1, -0.05) is 41.5 Å². The maximum absolute atomic E-state index is 11.3. The van der Waals surface area contributed by atoms with Crippen molar-refractivity contribution in [1.82, 2.24) is 6.15 Å². The number of phosphoric ester groups is 1. The Morgan fingerprint density at radius 2 is 1.70 bits per heavy atom. The van der Waals surface area contributed by atoms with Crippen LogP contribution in [0.4, 0.5) is 5.69 Å². The maximum atomic E-state index is 11.3. The molecule has 1 aromatic carbocycles. The van der Waals surface area contributed by atoms with E-state index in [4.69, 9.17) is 14.7 Å². The van der Waals surface area contributed by atoms with Gasteiger partial charge >= 0.3 is 15.6 Å². The standard InChI is InChI=1S/C16H25NO7P2.H3N/c1-14(11-12-23-26(21,22)24-25(18,19)20)7-6-8-15(2)13-17-16-9-4-3-5-10-16;/h3-5,8-11,17H,6-7,12-13H2,1-2H3,(H,21,22)(H2,18,19,20);1H3/b14-11+,15-8+;. The smallest absolute Gasteiger partial charge is 0.381 e. The van der Waals surface area contributed by atoms with Crippen LogP contribution in [0.1, 0.15) is 26.7 Å². The van der Waals surface area contributed by atoms with Crippen LogP contribution in [0.3, 0.4) is 0 Å². The Labute approximate surface area is 159 Å². The van der Waals surface area contributed by atoms with Crippen molar-refractivity contribution in [2.24, 2.45) is 0 Å². The van der Waals surface area contributed by atoms with Crippen molar-refractivity contribution in [3.8, 4) is 0 Å². The van der Waals surface area contributed by atoms with Crippen molar-refractivity contribution in [2.45, 2.75) is 26.7 Å². The van der Waals surface area contributed by atoms with Crippen LogP contribution < -0.4 is 11.5 Å². The maximum Gasteiger partial charge on any atom is 0.481 e. The third kappa shape index (κ3) is 13.5. The van der Waals surface area contributed by atoms with E-state index in [0.717, 1.165) is 30.6 Å². The predicted molar refractivity (Wildman–Crippen MR) is 106 cm³/mol. The summed E-state index contributed by atoms with van der Waals surface area (Å²) in [5.41, 5.74) is 3.16. The monoisotopic (exact) mass is 422 g/mol. The highest BCUT2D eigenvalue weighted by Crippen LogP contribution is 2.57. The second-order valence-electron chi connectivity index (χ2n) is 5.70. The summed E-state index contributed by atoms with van der Waals surface area (Å²) in [4.78, 5) is 26.1. The van der Waals surface area contributed by atoms with Crippen LogP contribution in [0.5, 0.6) is 0 Å². The zero-order valence-electron chi connectivity index (χ0n) is 15.4. The Morgan fingerprint density at radius 3 is 2.30 bits per heavy atom. The van der Waals surface area contributed by atoms with Crippen LogP contribution in [0, 0.1) is 0 Å². The molecule has 1 rings (SSSR count). The highest BCUT2D eigenvalue weighted by molar-refractivity contribution is 7.60. The molecule has 9 nitrogen and oxygen atoms in total. The summed E-state index contributed by atoms with van der Waals surface area (Å²) in [6.07, 6.45) is 5.18. The molecule has 1 atom stereocenters. The van der Waals surface area contributed by atoms with Gasteiger partial charge in [0.2, 0.25) is 0 Å². The predicted octanol–water partition coefficient (Wildman–Crippen LogP) is 4.16. The Kier molecular flexibility index (Phi) is 11.7. The van der Waals surface area contributed by atoms with E-state index in [9.17, 15) is 9.13 Å². The van der Waals surface area contributed by atoms with E-state index >= 15 is 0 Å². The van der Waals surface area contributed by atoms with Gasteiger partial charge in [0.25, 0.3) is 0 Å². The normalized spacial score (nSPS) is 15.0. The van der Waals surface area contributed by atoms with Crippen LogP contribution in [-0.2, 0) is 18.0 Å². The fraction of sp³-hybridized carbons (Fsp3) is 0.375. The average molecular weight is 422 g/mol. The van der Waals surface area contributed by atoms with Crippen LogP contribution in [0.2, 0.25) is 0 Å². The van der Waals surface area contributed by atoms with Crippen molar-refractivity contribution in [3.05, 3.63) is 53.6 Å². The molecule has 0 spiro atoms. The largest absolute Gasteiger partial charge is 0.481 e. The minimum absolute atomic E-state index is 0. The van der Waals surface area contributed by atoms with Crippen LogP contribution in [0.25, 0.3) is 0 Å². The molecule has 0 aromatic heterocycles. The number of phosphoric acid groups is 2. The molecule has 7 N–H and O–H groups in total. The van der Waals surface area contributed by atoms with Gasteiger partial charge in [-0.2, -0.15) is 4.31 Å². The van der Waals surface area contributed by atoms with Gasteiger partial charge in [-0.3, -0.25) is 4.52 Å². The summed E-state index contributed by atoms with van der Waals surface area (Å²) < 4.78 is 30.0. The van der Waals surface area contributed by atoms with E-state index in [2.05, 4.69) is 20.2 Å². The van der Waals surface area contributed by atoms with Gasteiger partial charge in [0.1, 0.15) is 0 Å². The molecule has 0 saturated carbocycles. The van der Waals surface area contributed by atoms with E-state index in [0.29, 0.717) is 0 Å². The van der Waals surface area contributed by atoms with E-state index in [1.807, 2.05) is 44.2 Å². The molecule has 0 aliphatic heterocycles. The van der Waals surface area contributed by atoms with E-state index in [1.54, 1.807) is 6.08 Å². The van der Waals surface area contributed by atoms with Crippen LogP contribution in [0.15, 0.2) is 53.6 Å². The number of benzene rings is 1. The molecule has 1 unspecified atom stereocenters. The summed E-state index contributed by atoms with van der Waals surface area (Å²) >= 11 is 0. The molecule has 0 bridgehead atoms. The van der Waals surface area contributed by atoms with Crippen LogP contribution >= 0.6 is 15.6 Å². The molecular formula is C16H28N2O7P2. The molecule has 0 amide bonds. The Morgan fingerprint density at radius 1 is 1.07 bits per heavy atom. The molecule has 1 aromatic rings. The van der Waals surface area contributed by atoms with Crippen LogP contribution in [-0.4, -0.2) is 27.8 Å². The fourth-order valence-electron chi connectivity index (χ4n) is 1.95. The summed E-state index contributed by atoms with van der Waals surface area (Å²) in [5.74, 6) is 0. The van der Waals surface area contributed by atoms with E-state index in [-0.39, 0.29) is 12.8 Å². The average Bonchev–Trinajstić information content (AvgIpc) is 2.51. The number of hydrogen-bond acceptors (Lipinski definition) is 6. The van der Waals surface area contributed by atoms with Crippen molar-refractivity contribution < 1.29 is 32.6 Å². The van der Waals surface area contributed by atoms with Gasteiger partial charge in [-0.25, -0.2) is 9.13 Å². The number of rotatable bonds is 11. The second kappa shape index (κ2) is 12.2. The molecule has 0 saturated heterocycles. The third-order valence-corrected chi connectivity index (χ3v) is 5.41. The van der Waals surface area contributed by atoms with Crippen molar-refractivity contribution in [3.63, 3.8) is 0 Å². The lowest BCUT2D eigenvalue weighted by Gasteiger charge is -2.11. The SMILES string of the molecule is C/C(=C\COP(=O)(O)OP(=O)(O)O)CC/C=C(\C)CNc1ccccc1.N. The number of allylic oxidation sites excluding steroid dienone is 2. The molecule has 11 heteroatoms. The Bertz CT molecular complexity index is 717. The molecule has 0 aliphatic rings. The molecule has 0 radical (unpaired) electrons. The van der Waals surface area contributed by atoms with E-state index < -0.39 is 15.6 Å². The molecular weight excluding hydrogens is 394 g/mol. The number of hydrogen-bond donors (Lipinski definition) is 5. The number of para-hydroxylation sites is 1.